The number of piperidine rings is 1. The molecule has 2 fully saturated rings. The first-order chi connectivity index (χ1) is 23.1. The quantitative estimate of drug-likeness (QED) is 0.154. The fourth-order valence-electron chi connectivity index (χ4n) is 7.03. The van der Waals surface area contributed by atoms with Gasteiger partial charge in [-0.3, -0.25) is 4.79 Å². The van der Waals surface area contributed by atoms with Crippen LogP contribution in [-0.4, -0.2) is 71.9 Å². The Morgan fingerprint density at radius 2 is 1.67 bits per heavy atom. The second-order valence-electron chi connectivity index (χ2n) is 14.2. The molecule has 0 N–H and O–H groups in total. The molecule has 0 radical (unpaired) electrons. The first kappa shape index (κ1) is 33.6. The van der Waals surface area contributed by atoms with Crippen molar-refractivity contribution in [2.45, 2.75) is 77.1 Å². The van der Waals surface area contributed by atoms with Gasteiger partial charge in [-0.15, -0.1) is 0 Å². The van der Waals surface area contributed by atoms with E-state index in [0.717, 1.165) is 53.8 Å². The van der Waals surface area contributed by atoms with Crippen molar-refractivity contribution >= 4 is 22.9 Å². The van der Waals surface area contributed by atoms with Crippen LogP contribution in [0.25, 0.3) is 22.0 Å². The fraction of sp³-hybridized carbons (Fsp3) is 0.450. The smallest absolute Gasteiger partial charge is 0.410 e. The molecule has 1 unspecified atom stereocenters. The molecule has 48 heavy (non-hydrogen) atoms. The Balaban J connectivity index is 1.35. The Morgan fingerprint density at radius 3 is 2.38 bits per heavy atom. The molecule has 0 bridgehead atoms. The van der Waals surface area contributed by atoms with Crippen molar-refractivity contribution in [2.75, 3.05) is 33.9 Å². The molecule has 8 heteroatoms. The van der Waals surface area contributed by atoms with Gasteiger partial charge in [0.1, 0.15) is 11.4 Å². The average molecular weight is 652 g/mol. The number of nitrogens with zero attached hydrogens (tertiary/aromatic N) is 3. The molecule has 8 nitrogen and oxygen atoms in total. The number of likely N-dealkylation sites (tertiary alicyclic amines) is 1. The molecule has 0 spiro atoms. The lowest BCUT2D eigenvalue weighted by Gasteiger charge is -2.40. The summed E-state index contributed by atoms with van der Waals surface area (Å²) >= 11 is 0. The number of aryl methyl sites for hydroxylation is 1. The molecule has 2 heterocycles. The zero-order valence-corrected chi connectivity index (χ0v) is 29.0. The third-order valence-electron chi connectivity index (χ3n) is 9.51. The first-order valence-corrected chi connectivity index (χ1v) is 17.2. The number of ether oxygens (including phenoxy) is 3. The number of benzene rings is 3. The van der Waals surface area contributed by atoms with E-state index in [9.17, 15) is 9.59 Å². The monoisotopic (exact) mass is 651 g/mol. The summed E-state index contributed by atoms with van der Waals surface area (Å²) in [7, 11) is 3.41. The Hall–Kier alpha value is -4.30. The number of aromatic nitrogens is 1. The fourth-order valence-corrected chi connectivity index (χ4v) is 7.03. The predicted octanol–water partition coefficient (Wildman–Crippen LogP) is 7.89. The number of carbonyl (C=O) groups is 2. The molecule has 1 aromatic heterocycles. The van der Waals surface area contributed by atoms with Crippen molar-refractivity contribution in [3.63, 3.8) is 0 Å². The third kappa shape index (κ3) is 7.70. The number of hydrogen-bond acceptors (Lipinski definition) is 5. The van der Waals surface area contributed by atoms with E-state index in [2.05, 4.69) is 64.2 Å². The van der Waals surface area contributed by atoms with Gasteiger partial charge < -0.3 is 28.6 Å². The lowest BCUT2D eigenvalue weighted by atomic mass is 9.78. The van der Waals surface area contributed by atoms with Crippen LogP contribution in [0.2, 0.25) is 0 Å². The van der Waals surface area contributed by atoms with Gasteiger partial charge in [-0.05, 0) is 92.8 Å². The SMILES string of the molecule is COCCCn1cc(CN(C(=O)C2CN(C(=O)OC(C)(C)C)CC[C@@H]2c2cc(OC)cc(-c3ccccc3)c2)C2CC2)c2ccccc21. The molecule has 2 atom stereocenters. The van der Waals surface area contributed by atoms with Crippen molar-refractivity contribution in [3.05, 3.63) is 90.1 Å². The van der Waals surface area contributed by atoms with Crippen LogP contribution in [0, 0.1) is 5.92 Å². The van der Waals surface area contributed by atoms with Gasteiger partial charge in [0.25, 0.3) is 0 Å². The van der Waals surface area contributed by atoms with Crippen molar-refractivity contribution in [1.82, 2.24) is 14.4 Å². The van der Waals surface area contributed by atoms with Gasteiger partial charge in [-0.2, -0.15) is 0 Å². The maximum absolute atomic E-state index is 15.0. The Labute approximate surface area is 284 Å². The Bertz CT molecular complexity index is 1720. The van der Waals surface area contributed by atoms with Crippen LogP contribution >= 0.6 is 0 Å². The molecule has 1 aliphatic heterocycles. The summed E-state index contributed by atoms with van der Waals surface area (Å²) < 4.78 is 19.2. The van der Waals surface area contributed by atoms with E-state index >= 15 is 0 Å². The summed E-state index contributed by atoms with van der Waals surface area (Å²) in [6.07, 6.45) is 5.38. The molecule has 1 saturated carbocycles. The van der Waals surface area contributed by atoms with E-state index in [-0.39, 0.29) is 24.0 Å². The highest BCUT2D eigenvalue weighted by molar-refractivity contribution is 5.86. The lowest BCUT2D eigenvalue weighted by Crippen LogP contribution is -2.51. The number of hydrogen-bond donors (Lipinski definition) is 0. The predicted molar refractivity (Wildman–Crippen MR) is 189 cm³/mol. The van der Waals surface area contributed by atoms with Crippen molar-refractivity contribution in [2.24, 2.45) is 5.92 Å². The van der Waals surface area contributed by atoms with E-state index in [1.165, 1.54) is 10.9 Å². The van der Waals surface area contributed by atoms with Crippen LogP contribution in [0.3, 0.4) is 0 Å². The van der Waals surface area contributed by atoms with Gasteiger partial charge in [0, 0.05) is 63.0 Å². The normalized spacial score (nSPS) is 18.1. The number of methoxy groups -OCH3 is 2. The summed E-state index contributed by atoms with van der Waals surface area (Å²) in [5.74, 6) is 0.326. The van der Waals surface area contributed by atoms with Gasteiger partial charge in [0.2, 0.25) is 5.91 Å². The largest absolute Gasteiger partial charge is 0.497 e. The average Bonchev–Trinajstić information content (AvgIpc) is 3.88. The van der Waals surface area contributed by atoms with Crippen molar-refractivity contribution in [3.8, 4) is 16.9 Å². The van der Waals surface area contributed by atoms with Gasteiger partial charge in [0.15, 0.2) is 0 Å². The molecule has 254 valence electrons. The van der Waals surface area contributed by atoms with Crippen molar-refractivity contribution in [1.29, 1.82) is 0 Å². The summed E-state index contributed by atoms with van der Waals surface area (Å²) in [4.78, 5) is 32.2. The van der Waals surface area contributed by atoms with Gasteiger partial charge >= 0.3 is 6.09 Å². The van der Waals surface area contributed by atoms with E-state index in [0.29, 0.717) is 32.7 Å². The molecule has 2 aliphatic rings. The minimum atomic E-state index is -0.623. The number of rotatable bonds is 11. The molecular weight excluding hydrogens is 602 g/mol. The van der Waals surface area contributed by atoms with E-state index < -0.39 is 11.5 Å². The zero-order chi connectivity index (χ0) is 33.8. The molecule has 4 aromatic rings. The minimum Gasteiger partial charge on any atom is -0.497 e. The number of carbonyl (C=O) groups excluding carboxylic acids is 2. The van der Waals surface area contributed by atoms with Crippen LogP contribution in [0.1, 0.15) is 63.5 Å². The highest BCUT2D eigenvalue weighted by Crippen LogP contribution is 2.41. The van der Waals surface area contributed by atoms with Gasteiger partial charge in [-0.1, -0.05) is 54.6 Å². The molecule has 1 aliphatic carbocycles. The van der Waals surface area contributed by atoms with E-state index in [1.54, 1.807) is 19.1 Å². The van der Waals surface area contributed by atoms with Crippen LogP contribution in [-0.2, 0) is 27.4 Å². The van der Waals surface area contributed by atoms with Crippen LogP contribution < -0.4 is 4.74 Å². The summed E-state index contributed by atoms with van der Waals surface area (Å²) in [6.45, 7) is 8.53. The minimum absolute atomic E-state index is 0.0922. The lowest BCUT2D eigenvalue weighted by molar-refractivity contribution is -0.139. The Kier molecular flexibility index (Phi) is 10.1. The summed E-state index contributed by atoms with van der Waals surface area (Å²) in [5, 5.41) is 1.17. The second kappa shape index (κ2) is 14.4. The highest BCUT2D eigenvalue weighted by Gasteiger charge is 2.43. The standard InChI is InChI=1S/C40H49N3O5/c1-40(2,3)48-39(45)42-20-18-34(30-22-29(23-33(24-30)47-5)28-12-7-6-8-13-28)36(27-42)38(44)43(32-16-17-32)26-31-25-41(19-11-21-46-4)37-15-10-9-14-35(31)37/h6-10,12-15,22-25,32,34,36H,11,16-21,26-27H2,1-5H3/t34-,36?/m1/s1. The van der Waals surface area contributed by atoms with E-state index in [4.69, 9.17) is 14.2 Å². The van der Waals surface area contributed by atoms with E-state index in [1.807, 2.05) is 45.0 Å². The highest BCUT2D eigenvalue weighted by atomic mass is 16.6. The zero-order valence-electron chi connectivity index (χ0n) is 29.0. The molecular formula is C40H49N3O5. The molecule has 1 saturated heterocycles. The van der Waals surface area contributed by atoms with Crippen LogP contribution in [0.15, 0.2) is 79.0 Å². The van der Waals surface area contributed by atoms with Gasteiger partial charge in [0.05, 0.1) is 13.0 Å². The Morgan fingerprint density at radius 1 is 0.917 bits per heavy atom. The van der Waals surface area contributed by atoms with Crippen molar-refractivity contribution < 1.29 is 23.8 Å². The summed E-state index contributed by atoms with van der Waals surface area (Å²) in [6, 6.07) is 25.2. The number of para-hydroxylation sites is 1. The maximum atomic E-state index is 15.0. The second-order valence-corrected chi connectivity index (χ2v) is 14.2. The first-order valence-electron chi connectivity index (χ1n) is 17.2. The number of amides is 2. The van der Waals surface area contributed by atoms with Crippen LogP contribution in [0.4, 0.5) is 4.79 Å². The third-order valence-corrected chi connectivity index (χ3v) is 9.51. The molecule has 2 amide bonds. The number of fused-ring (bicyclic) bond motifs is 1. The molecule has 6 rings (SSSR count). The topological polar surface area (TPSA) is 73.2 Å². The molecule has 3 aromatic carbocycles. The summed E-state index contributed by atoms with van der Waals surface area (Å²) in [5.41, 5.74) is 4.89. The maximum Gasteiger partial charge on any atom is 0.410 e. The van der Waals surface area contributed by atoms with Crippen LogP contribution in [0.5, 0.6) is 5.75 Å². The van der Waals surface area contributed by atoms with Gasteiger partial charge in [-0.25, -0.2) is 4.79 Å².